The minimum absolute atomic E-state index is 0.0420. The molecule has 0 saturated carbocycles. The number of unbranched alkanes of at least 4 members (excludes halogenated alkanes) is 2. The van der Waals surface area contributed by atoms with Crippen LogP contribution in [0.3, 0.4) is 0 Å². The summed E-state index contributed by atoms with van der Waals surface area (Å²) >= 11 is 0. The van der Waals surface area contributed by atoms with Gasteiger partial charge in [0.05, 0.1) is 5.69 Å². The summed E-state index contributed by atoms with van der Waals surface area (Å²) in [6.45, 7) is 26.6. The van der Waals surface area contributed by atoms with Crippen LogP contribution in [0.2, 0.25) is 0 Å². The van der Waals surface area contributed by atoms with E-state index < -0.39 is 0 Å². The van der Waals surface area contributed by atoms with Crippen molar-refractivity contribution in [3.63, 3.8) is 0 Å². The maximum atomic E-state index is 2.83. The fraction of sp³-hybridized carbons (Fsp3) is 0.324. The molecule has 0 atom stereocenters. The number of nitrogens with zero attached hydrogens (tertiary/aromatic N) is 3. The molecule has 8 aromatic carbocycles. The Morgan fingerprint density at radius 1 is 0.453 bits per heavy atom. The topological polar surface area (TPSA) is 9.72 Å². The second-order valence-electron chi connectivity index (χ2n) is 25.3. The summed E-state index contributed by atoms with van der Waals surface area (Å²) in [6, 6.07) is 60.3. The quantitative estimate of drug-likeness (QED) is 0.126. The van der Waals surface area contributed by atoms with E-state index in [0.717, 1.165) is 12.8 Å². The van der Waals surface area contributed by atoms with Gasteiger partial charge >= 0.3 is 6.85 Å². The average molecular weight is 980 g/mol. The molecule has 3 aliphatic heterocycles. The number of benzene rings is 8. The molecule has 0 saturated heterocycles. The Morgan fingerprint density at radius 3 is 1.68 bits per heavy atom. The largest absolute Gasteiger partial charge is 0.376 e. The highest BCUT2D eigenvalue weighted by Gasteiger charge is 2.51. The minimum atomic E-state index is -0.229. The van der Waals surface area contributed by atoms with E-state index in [4.69, 9.17) is 0 Å². The monoisotopic (exact) mass is 980 g/mol. The van der Waals surface area contributed by atoms with E-state index in [1.54, 1.807) is 0 Å². The Morgan fingerprint density at radius 2 is 1.03 bits per heavy atom. The highest BCUT2D eigenvalue weighted by atomic mass is 15.2. The fourth-order valence-corrected chi connectivity index (χ4v) is 14.5. The van der Waals surface area contributed by atoms with Gasteiger partial charge < -0.3 is 14.6 Å². The molecule has 2 aliphatic carbocycles. The Labute approximate surface area is 448 Å². The number of hydrogen-bond donors (Lipinski definition) is 0. The second kappa shape index (κ2) is 17.1. The van der Waals surface area contributed by atoms with Gasteiger partial charge in [-0.3, -0.25) is 0 Å². The molecule has 13 rings (SSSR count). The number of anilines is 8. The Balaban J connectivity index is 1.16. The first kappa shape index (κ1) is 47.9. The molecule has 0 spiro atoms. The van der Waals surface area contributed by atoms with Crippen molar-refractivity contribution in [1.82, 2.24) is 0 Å². The van der Waals surface area contributed by atoms with Crippen LogP contribution in [0.1, 0.15) is 158 Å². The first-order chi connectivity index (χ1) is 36.0. The molecule has 0 bridgehead atoms. The van der Waals surface area contributed by atoms with Crippen molar-refractivity contribution in [1.29, 1.82) is 0 Å². The van der Waals surface area contributed by atoms with Gasteiger partial charge in [0.25, 0.3) is 0 Å². The number of aryl methyl sites for hydroxylation is 3. The average Bonchev–Trinajstić information content (AvgIpc) is 3.67. The van der Waals surface area contributed by atoms with Crippen molar-refractivity contribution in [2.75, 3.05) is 14.6 Å². The van der Waals surface area contributed by atoms with Gasteiger partial charge in [-0.25, -0.2) is 0 Å². The van der Waals surface area contributed by atoms with Gasteiger partial charge in [0.1, 0.15) is 0 Å². The standard InChI is InChI=1S/C71H74BN3/c1-12-14-21-46-29-33-48(34-30-46)73(49-35-31-47(32-36-49)22-15-13-2)50-40-54-53-42-52-51-23-16-17-24-55(51)70(8,9)58(52)43-64(53)75(63-44-60-59(39-45(63)3)68(4,5)37-38-69(60,6)7)72-61-27-20-26-57-67(61)74(65(41-50)66(54)72)62-28-19-18-25-56(62)71(57,10)11/h16-20,23-36,39-44H,12-15,21-22,37-38H2,1-11H3. The lowest BCUT2D eigenvalue weighted by molar-refractivity contribution is 0.332. The first-order valence-electron chi connectivity index (χ1n) is 28.5. The smallest absolute Gasteiger partial charge is 0.333 e. The Kier molecular flexibility index (Phi) is 10.9. The lowest BCUT2D eigenvalue weighted by atomic mass is 9.42. The third kappa shape index (κ3) is 7.13. The molecule has 0 amide bonds. The molecule has 3 nitrogen and oxygen atoms in total. The normalized spacial score (nSPS) is 17.0. The van der Waals surface area contributed by atoms with Gasteiger partial charge in [0, 0.05) is 56.2 Å². The first-order valence-corrected chi connectivity index (χ1v) is 28.5. The van der Waals surface area contributed by atoms with Gasteiger partial charge in [0.15, 0.2) is 0 Å². The molecule has 5 aliphatic rings. The van der Waals surface area contributed by atoms with Crippen LogP contribution in [-0.2, 0) is 34.5 Å². The molecule has 0 radical (unpaired) electrons. The molecule has 4 heteroatoms. The van der Waals surface area contributed by atoms with Crippen LogP contribution in [0.4, 0.5) is 45.5 Å². The summed E-state index contributed by atoms with van der Waals surface area (Å²) in [4.78, 5) is 8.06. The predicted octanol–water partition coefficient (Wildman–Crippen LogP) is 18.2. The lowest BCUT2D eigenvalue weighted by Crippen LogP contribution is -2.62. The molecular weight excluding hydrogens is 906 g/mol. The molecule has 0 unspecified atom stereocenters. The van der Waals surface area contributed by atoms with E-state index >= 15 is 0 Å². The third-order valence-corrected chi connectivity index (χ3v) is 19.0. The summed E-state index contributed by atoms with van der Waals surface area (Å²) in [7, 11) is 0. The zero-order valence-electron chi connectivity index (χ0n) is 46.5. The molecule has 0 N–H and O–H groups in total. The summed E-state index contributed by atoms with van der Waals surface area (Å²) in [5.41, 5.74) is 30.4. The Hall–Kier alpha value is -6.78. The van der Waals surface area contributed by atoms with Gasteiger partial charge in [-0.2, -0.15) is 0 Å². The predicted molar refractivity (Wildman–Crippen MR) is 322 cm³/mol. The van der Waals surface area contributed by atoms with Crippen molar-refractivity contribution in [3.8, 4) is 22.3 Å². The lowest BCUT2D eigenvalue weighted by Gasteiger charge is -2.51. The fourth-order valence-electron chi connectivity index (χ4n) is 14.5. The highest BCUT2D eigenvalue weighted by Crippen LogP contribution is 2.59. The van der Waals surface area contributed by atoms with Crippen LogP contribution in [0.25, 0.3) is 22.3 Å². The van der Waals surface area contributed by atoms with Crippen molar-refractivity contribution in [3.05, 3.63) is 202 Å². The van der Waals surface area contributed by atoms with Crippen LogP contribution >= 0.6 is 0 Å². The SMILES string of the molecule is CCCCc1ccc(N(c2ccc(CCCC)cc2)c2cc3c4c(c2)N2c5ccccc5C(C)(C)c5cccc(c52)B4N(c2cc4c(cc2C)C(C)(C)CCC4(C)C)c2cc4c(cc2-3)-c2ccccc2C4(C)C)cc1. The summed E-state index contributed by atoms with van der Waals surface area (Å²) in [5, 5.41) is 0. The van der Waals surface area contributed by atoms with E-state index in [2.05, 4.69) is 242 Å². The number of para-hydroxylation sites is 2. The van der Waals surface area contributed by atoms with Crippen LogP contribution in [0.15, 0.2) is 152 Å². The number of hydrogen-bond acceptors (Lipinski definition) is 3. The van der Waals surface area contributed by atoms with Gasteiger partial charge in [-0.05, 0) is 195 Å². The van der Waals surface area contributed by atoms with E-state index in [1.165, 1.54) is 167 Å². The minimum Gasteiger partial charge on any atom is -0.376 e. The van der Waals surface area contributed by atoms with Crippen molar-refractivity contribution < 1.29 is 0 Å². The van der Waals surface area contributed by atoms with Crippen molar-refractivity contribution in [2.24, 2.45) is 0 Å². The van der Waals surface area contributed by atoms with Crippen LogP contribution in [0.5, 0.6) is 0 Å². The zero-order valence-corrected chi connectivity index (χ0v) is 46.5. The van der Waals surface area contributed by atoms with Gasteiger partial charge in [-0.1, -0.05) is 173 Å². The Bertz CT molecular complexity index is 3560. The summed E-state index contributed by atoms with van der Waals surface area (Å²) < 4.78 is 0. The number of fused-ring (bicyclic) bond motifs is 10. The number of rotatable bonds is 10. The van der Waals surface area contributed by atoms with Crippen molar-refractivity contribution in [2.45, 2.75) is 149 Å². The van der Waals surface area contributed by atoms with E-state index in [1.807, 2.05) is 0 Å². The maximum absolute atomic E-state index is 2.83. The summed E-state index contributed by atoms with van der Waals surface area (Å²) in [5.74, 6) is 0. The molecule has 0 fully saturated rings. The van der Waals surface area contributed by atoms with Crippen LogP contribution in [0, 0.1) is 6.92 Å². The molecule has 3 heterocycles. The van der Waals surface area contributed by atoms with Gasteiger partial charge in [-0.15, -0.1) is 0 Å². The van der Waals surface area contributed by atoms with E-state index in [9.17, 15) is 0 Å². The van der Waals surface area contributed by atoms with Crippen LogP contribution in [-0.4, -0.2) is 6.85 Å². The zero-order chi connectivity index (χ0) is 51.9. The van der Waals surface area contributed by atoms with Crippen LogP contribution < -0.4 is 25.5 Å². The molecule has 8 aromatic rings. The molecular formula is C71H74BN3. The van der Waals surface area contributed by atoms with Gasteiger partial charge in [0.2, 0.25) is 0 Å². The molecule has 75 heavy (non-hydrogen) atoms. The van der Waals surface area contributed by atoms with E-state index in [-0.39, 0.29) is 28.5 Å². The highest BCUT2D eigenvalue weighted by molar-refractivity contribution is 6.93. The second-order valence-corrected chi connectivity index (χ2v) is 25.3. The molecule has 0 aromatic heterocycles. The maximum Gasteiger partial charge on any atom is 0.333 e. The molecule has 376 valence electrons. The third-order valence-electron chi connectivity index (χ3n) is 19.0. The summed E-state index contributed by atoms with van der Waals surface area (Å²) in [6.07, 6.45) is 9.30. The van der Waals surface area contributed by atoms with Crippen molar-refractivity contribution >= 4 is 63.3 Å². The van der Waals surface area contributed by atoms with E-state index in [0.29, 0.717) is 0 Å².